The van der Waals surface area contributed by atoms with Gasteiger partial charge in [-0.25, -0.2) is 14.4 Å². The van der Waals surface area contributed by atoms with E-state index in [1.54, 1.807) is 19.2 Å². The molecule has 0 unspecified atom stereocenters. The van der Waals surface area contributed by atoms with Gasteiger partial charge in [0.1, 0.15) is 0 Å². The largest absolute Gasteiger partial charge is 0.494 e. The number of rotatable bonds is 13. The van der Waals surface area contributed by atoms with E-state index < -0.39 is 29.3 Å². The highest BCUT2D eigenvalue weighted by Gasteiger charge is 2.25. The van der Waals surface area contributed by atoms with E-state index in [0.717, 1.165) is 16.6 Å². The van der Waals surface area contributed by atoms with Crippen LogP contribution in [0.25, 0.3) is 11.0 Å². The van der Waals surface area contributed by atoms with Crippen molar-refractivity contribution < 1.29 is 28.2 Å². The van der Waals surface area contributed by atoms with Crippen LogP contribution in [0.4, 0.5) is 4.39 Å². The molecule has 10 nitrogen and oxygen atoms in total. The number of ether oxygens (including phenoxy) is 3. The molecule has 3 aromatic rings. The van der Waals surface area contributed by atoms with Gasteiger partial charge in [0.2, 0.25) is 0 Å². The Bertz CT molecular complexity index is 1470. The Morgan fingerprint density at radius 2 is 1.95 bits per heavy atom. The summed E-state index contributed by atoms with van der Waals surface area (Å²) >= 11 is 0. The number of methoxy groups -OCH3 is 1. The van der Waals surface area contributed by atoms with Gasteiger partial charge in [-0.1, -0.05) is 6.07 Å². The number of nitrogens with zero attached hydrogens (tertiary/aromatic N) is 2. The minimum absolute atomic E-state index is 0.00448. The van der Waals surface area contributed by atoms with Crippen molar-refractivity contribution in [2.24, 2.45) is 0 Å². The number of aromatic nitrogens is 2. The number of fused-ring (bicyclic) bond motifs is 1. The average molecular weight is 580 g/mol. The minimum atomic E-state index is -0.934. The number of halogens is 1. The Morgan fingerprint density at radius 3 is 2.62 bits per heavy atom. The van der Waals surface area contributed by atoms with Crippen LogP contribution in [-0.4, -0.2) is 53.5 Å². The molecule has 11 heteroatoms. The van der Waals surface area contributed by atoms with Gasteiger partial charge in [-0.3, -0.25) is 9.59 Å². The number of carbonyl (C=O) groups is 2. The van der Waals surface area contributed by atoms with Crippen LogP contribution < -0.4 is 15.4 Å². The van der Waals surface area contributed by atoms with Crippen LogP contribution in [-0.2, 0) is 25.6 Å². The van der Waals surface area contributed by atoms with Crippen LogP contribution >= 0.6 is 0 Å². The number of nitrogens with one attached hydrogen (secondary N) is 3. The van der Waals surface area contributed by atoms with Gasteiger partial charge >= 0.3 is 5.97 Å². The number of carbonyl (C=O) groups excluding carboxylic acids is 2. The van der Waals surface area contributed by atoms with Crippen molar-refractivity contribution in [3.05, 3.63) is 77.0 Å². The van der Waals surface area contributed by atoms with Gasteiger partial charge in [0.15, 0.2) is 17.2 Å². The third-order valence-electron chi connectivity index (χ3n) is 6.20. The van der Waals surface area contributed by atoms with E-state index >= 15 is 0 Å². The average Bonchev–Trinajstić information content (AvgIpc) is 2.93. The number of benzene rings is 1. The lowest BCUT2D eigenvalue weighted by Crippen LogP contribution is -2.36. The summed E-state index contributed by atoms with van der Waals surface area (Å²) in [7, 11) is 1.34. The first kappa shape index (κ1) is 32.1. The molecular weight excluding hydrogens is 541 g/mol. The fraction of sp³-hybridized carbons (Fsp3) is 0.387. The summed E-state index contributed by atoms with van der Waals surface area (Å²) in [6.07, 6.45) is 2.88. The predicted octanol–water partition coefficient (Wildman–Crippen LogP) is 4.70. The van der Waals surface area contributed by atoms with Crippen molar-refractivity contribution in [1.82, 2.24) is 20.6 Å². The summed E-state index contributed by atoms with van der Waals surface area (Å²) in [5, 5.41) is 15.4. The van der Waals surface area contributed by atoms with E-state index in [2.05, 4.69) is 20.6 Å². The molecule has 0 spiro atoms. The molecular formula is C31H38FN5O5. The lowest BCUT2D eigenvalue weighted by molar-refractivity contribution is -0.143. The zero-order valence-electron chi connectivity index (χ0n) is 24.8. The number of pyridine rings is 2. The molecule has 0 aliphatic heterocycles. The molecule has 2 heterocycles. The van der Waals surface area contributed by atoms with Gasteiger partial charge < -0.3 is 30.3 Å². The molecule has 0 aliphatic rings. The number of aryl methyl sites for hydroxylation is 1. The summed E-state index contributed by atoms with van der Waals surface area (Å²) < 4.78 is 30.4. The number of hydrogen-bond donors (Lipinski definition) is 3. The van der Waals surface area contributed by atoms with Gasteiger partial charge in [0.05, 0.1) is 49.7 Å². The van der Waals surface area contributed by atoms with E-state index in [4.69, 9.17) is 19.6 Å². The van der Waals surface area contributed by atoms with Crippen LogP contribution in [0.1, 0.15) is 57.0 Å². The lowest BCUT2D eigenvalue weighted by atomic mass is 10.0. The predicted molar refractivity (Wildman–Crippen MR) is 158 cm³/mol. The third-order valence-corrected chi connectivity index (χ3v) is 6.20. The van der Waals surface area contributed by atoms with E-state index in [-0.39, 0.29) is 36.7 Å². The van der Waals surface area contributed by atoms with E-state index in [0.29, 0.717) is 17.8 Å². The molecule has 0 aliphatic carbocycles. The maximum atomic E-state index is 14.6. The van der Waals surface area contributed by atoms with Crippen LogP contribution in [0.5, 0.6) is 5.75 Å². The van der Waals surface area contributed by atoms with Gasteiger partial charge in [-0.05, 0) is 76.1 Å². The van der Waals surface area contributed by atoms with Gasteiger partial charge in [0.25, 0.3) is 5.91 Å². The number of hydrogen-bond acceptors (Lipinski definition) is 9. The maximum Gasteiger partial charge on any atom is 0.308 e. The molecule has 0 bridgehead atoms. The topological polar surface area (TPSA) is 136 Å². The van der Waals surface area contributed by atoms with Crippen LogP contribution in [0.15, 0.2) is 54.4 Å². The zero-order valence-corrected chi connectivity index (χ0v) is 24.8. The summed E-state index contributed by atoms with van der Waals surface area (Å²) in [5.41, 5.74) is 2.01. The van der Waals surface area contributed by atoms with Crippen molar-refractivity contribution in [2.45, 2.75) is 59.2 Å². The fourth-order valence-electron chi connectivity index (χ4n) is 4.01. The Labute approximate surface area is 245 Å². The molecule has 3 N–H and O–H groups in total. The molecule has 0 fully saturated rings. The van der Waals surface area contributed by atoms with E-state index in [1.807, 2.05) is 45.9 Å². The zero-order chi connectivity index (χ0) is 30.9. The molecule has 224 valence electrons. The molecule has 42 heavy (non-hydrogen) atoms. The van der Waals surface area contributed by atoms with Crippen molar-refractivity contribution >= 4 is 28.6 Å². The smallest absolute Gasteiger partial charge is 0.308 e. The van der Waals surface area contributed by atoms with E-state index in [9.17, 15) is 14.0 Å². The molecule has 0 saturated carbocycles. The number of amides is 1. The summed E-state index contributed by atoms with van der Waals surface area (Å²) in [5.74, 6) is -1.83. The Morgan fingerprint density at radius 1 is 1.19 bits per heavy atom. The summed E-state index contributed by atoms with van der Waals surface area (Å²) in [6, 6.07) is 8.95. The second-order valence-corrected chi connectivity index (χ2v) is 10.5. The van der Waals surface area contributed by atoms with Gasteiger partial charge in [0, 0.05) is 30.0 Å². The standard InChI is InChI=1S/C31H38FN5O5/c1-7-41-28(38)15-26(20-10-11-27(40-6)24(32)14-20)37-30(39)23(25(33)18-42-31(3,4)5)17-34-16-22-13-21-9-8-12-35-29(21)36-19(22)2/h8-14,17,26,33-34H,7,15-16,18H2,1-6H3,(H,37,39)/b23-17+,33-25?/t26-/m0/s1. The first-order valence-electron chi connectivity index (χ1n) is 13.6. The molecule has 3 rings (SSSR count). The monoisotopic (exact) mass is 579 g/mol. The van der Waals surface area contributed by atoms with E-state index in [1.165, 1.54) is 25.4 Å². The second kappa shape index (κ2) is 14.5. The second-order valence-electron chi connectivity index (χ2n) is 10.5. The minimum Gasteiger partial charge on any atom is -0.494 e. The van der Waals surface area contributed by atoms with Crippen molar-refractivity contribution in [3.8, 4) is 5.75 Å². The molecule has 0 radical (unpaired) electrons. The summed E-state index contributed by atoms with van der Waals surface area (Å²) in [6.45, 7) is 9.43. The SMILES string of the molecule is CCOC(=O)C[C@H](NC(=O)/C(=C/NCc1cc2cccnc2nc1C)C(=N)COC(C)(C)C)c1ccc(OC)c(F)c1. The van der Waals surface area contributed by atoms with Crippen LogP contribution in [0, 0.1) is 18.2 Å². The quantitative estimate of drug-likeness (QED) is 0.151. The Kier molecular flexibility index (Phi) is 11.1. The van der Waals surface area contributed by atoms with Gasteiger partial charge in [-0.2, -0.15) is 0 Å². The van der Waals surface area contributed by atoms with Crippen molar-refractivity contribution in [1.29, 1.82) is 5.41 Å². The molecule has 2 aromatic heterocycles. The van der Waals surface area contributed by atoms with Crippen molar-refractivity contribution in [2.75, 3.05) is 20.3 Å². The third kappa shape index (κ3) is 9.07. The normalized spacial score (nSPS) is 12.5. The fourth-order valence-corrected chi connectivity index (χ4v) is 4.01. The summed E-state index contributed by atoms with van der Waals surface area (Å²) in [4.78, 5) is 34.8. The molecule has 1 atom stereocenters. The molecule has 0 saturated heterocycles. The number of esters is 1. The van der Waals surface area contributed by atoms with Crippen molar-refractivity contribution in [3.63, 3.8) is 0 Å². The molecule has 1 aromatic carbocycles. The highest BCUT2D eigenvalue weighted by Crippen LogP contribution is 2.25. The highest BCUT2D eigenvalue weighted by atomic mass is 19.1. The first-order valence-corrected chi connectivity index (χ1v) is 13.6. The molecule has 1 amide bonds. The van der Waals surface area contributed by atoms with Crippen LogP contribution in [0.2, 0.25) is 0 Å². The van der Waals surface area contributed by atoms with Gasteiger partial charge in [-0.15, -0.1) is 0 Å². The Balaban J connectivity index is 1.89. The highest BCUT2D eigenvalue weighted by molar-refractivity contribution is 6.21. The lowest BCUT2D eigenvalue weighted by Gasteiger charge is -2.22. The maximum absolute atomic E-state index is 14.6. The first-order chi connectivity index (χ1) is 19.9. The Hall–Kier alpha value is -4.38. The van der Waals surface area contributed by atoms with Crippen LogP contribution in [0.3, 0.4) is 0 Å².